The summed E-state index contributed by atoms with van der Waals surface area (Å²) in [5.41, 5.74) is 0.179. The second kappa shape index (κ2) is 9.33. The summed E-state index contributed by atoms with van der Waals surface area (Å²) in [5.74, 6) is -1.01. The zero-order valence-electron chi connectivity index (χ0n) is 13.4. The van der Waals surface area contributed by atoms with E-state index in [0.29, 0.717) is 15.8 Å². The number of rotatable bonds is 6. The molecule has 0 radical (unpaired) electrons. The number of carbonyl (C=O) groups is 2. The average molecular weight is 437 g/mol. The van der Waals surface area contributed by atoms with E-state index in [4.69, 9.17) is 55.9 Å². The zero-order chi connectivity index (χ0) is 19.3. The van der Waals surface area contributed by atoms with Crippen molar-refractivity contribution in [2.24, 2.45) is 0 Å². The number of nitrogens with one attached hydrogen (secondary N) is 1. The minimum atomic E-state index is -1.10. The number of anilines is 1. The quantitative estimate of drug-likeness (QED) is 0.628. The number of amides is 1. The molecule has 0 aliphatic carbocycles. The van der Waals surface area contributed by atoms with Crippen molar-refractivity contribution in [3.63, 3.8) is 0 Å². The molecule has 138 valence electrons. The molecule has 0 fully saturated rings. The van der Waals surface area contributed by atoms with E-state index in [1.807, 2.05) is 0 Å². The largest absolute Gasteiger partial charge is 0.480 e. The van der Waals surface area contributed by atoms with Crippen LogP contribution >= 0.6 is 46.4 Å². The van der Waals surface area contributed by atoms with Gasteiger partial charge in [0.05, 0.1) is 20.8 Å². The maximum absolute atomic E-state index is 12.2. The monoisotopic (exact) mass is 435 g/mol. The predicted molar refractivity (Wildman–Crippen MR) is 103 cm³/mol. The smallest absolute Gasteiger partial charge is 0.344 e. The minimum absolute atomic E-state index is 0.163. The highest BCUT2D eigenvalue weighted by Gasteiger charge is 2.20. The van der Waals surface area contributed by atoms with Gasteiger partial charge in [-0.1, -0.05) is 58.5 Å². The van der Waals surface area contributed by atoms with Gasteiger partial charge in [-0.15, -0.1) is 0 Å². The Kier molecular flexibility index (Phi) is 7.41. The third-order valence-corrected chi connectivity index (χ3v) is 4.24. The molecular formula is C17H13Cl4NO4. The fraction of sp³-hybridized carbons (Fsp3) is 0.176. The molecule has 1 N–H and O–H groups in total. The van der Waals surface area contributed by atoms with Gasteiger partial charge in [0.15, 0.2) is 12.7 Å². The van der Waals surface area contributed by atoms with E-state index < -0.39 is 24.6 Å². The van der Waals surface area contributed by atoms with Gasteiger partial charge in [0, 0.05) is 5.02 Å². The first-order valence-electron chi connectivity index (χ1n) is 7.30. The topological polar surface area (TPSA) is 64.6 Å². The van der Waals surface area contributed by atoms with Crippen molar-refractivity contribution in [3.05, 3.63) is 56.5 Å². The van der Waals surface area contributed by atoms with Crippen LogP contribution in [0.4, 0.5) is 5.69 Å². The lowest BCUT2D eigenvalue weighted by Crippen LogP contribution is -2.31. The molecule has 0 heterocycles. The molecule has 0 bridgehead atoms. The fourth-order valence-corrected chi connectivity index (χ4v) is 2.97. The summed E-state index contributed by atoms with van der Waals surface area (Å²) in [5, 5.41) is 3.51. The van der Waals surface area contributed by atoms with E-state index in [-0.39, 0.29) is 15.7 Å². The molecule has 0 spiro atoms. The zero-order valence-corrected chi connectivity index (χ0v) is 16.4. The van der Waals surface area contributed by atoms with Gasteiger partial charge in [-0.05, 0) is 31.2 Å². The van der Waals surface area contributed by atoms with Crippen molar-refractivity contribution in [1.82, 2.24) is 0 Å². The summed E-state index contributed by atoms with van der Waals surface area (Å²) in [4.78, 5) is 24.0. The first-order valence-corrected chi connectivity index (χ1v) is 8.81. The average Bonchev–Trinajstić information content (AvgIpc) is 2.57. The molecule has 26 heavy (non-hydrogen) atoms. The lowest BCUT2D eigenvalue weighted by atomic mass is 10.3. The molecule has 9 heteroatoms. The van der Waals surface area contributed by atoms with Crippen molar-refractivity contribution >= 4 is 64.0 Å². The van der Waals surface area contributed by atoms with Crippen LogP contribution in [0.15, 0.2) is 36.4 Å². The number of hydrogen-bond donors (Lipinski definition) is 1. The predicted octanol–water partition coefficient (Wildman–Crippen LogP) is 5.25. The fourth-order valence-electron chi connectivity index (χ4n) is 1.87. The summed E-state index contributed by atoms with van der Waals surface area (Å²) < 4.78 is 10.3. The van der Waals surface area contributed by atoms with Crippen LogP contribution < -0.4 is 10.1 Å². The number of benzene rings is 2. The summed E-state index contributed by atoms with van der Waals surface area (Å²) in [7, 11) is 0. The molecule has 2 aromatic carbocycles. The first-order chi connectivity index (χ1) is 12.3. The SMILES string of the molecule is CC(OC(=O)COc1ccccc1Cl)C(=O)Nc1c(Cl)cc(Cl)cc1Cl. The standard InChI is InChI=1S/C17H13Cl4NO4/c1-9(17(24)22-16-12(20)6-10(18)7-13(16)21)26-15(23)8-25-14-5-3-2-4-11(14)19/h2-7,9H,8H2,1H3,(H,22,24). The molecule has 1 atom stereocenters. The van der Waals surface area contributed by atoms with Gasteiger partial charge < -0.3 is 14.8 Å². The Bertz CT molecular complexity index is 805. The lowest BCUT2D eigenvalue weighted by molar-refractivity contribution is -0.155. The molecule has 0 aliphatic heterocycles. The van der Waals surface area contributed by atoms with Gasteiger partial charge >= 0.3 is 5.97 Å². The molecule has 0 saturated carbocycles. The number of para-hydroxylation sites is 1. The number of hydrogen-bond acceptors (Lipinski definition) is 4. The number of esters is 1. The van der Waals surface area contributed by atoms with Crippen molar-refractivity contribution in [1.29, 1.82) is 0 Å². The van der Waals surface area contributed by atoms with Crippen LogP contribution in [0.1, 0.15) is 6.92 Å². The number of halogens is 4. The van der Waals surface area contributed by atoms with Gasteiger partial charge in [-0.2, -0.15) is 0 Å². The molecule has 0 aliphatic rings. The first kappa shape index (κ1) is 20.6. The van der Waals surface area contributed by atoms with E-state index >= 15 is 0 Å². The van der Waals surface area contributed by atoms with Crippen LogP contribution in [0, 0.1) is 0 Å². The van der Waals surface area contributed by atoms with Crippen molar-refractivity contribution in [2.75, 3.05) is 11.9 Å². The normalized spacial score (nSPS) is 11.6. The Morgan fingerprint density at radius 1 is 1.04 bits per heavy atom. The van der Waals surface area contributed by atoms with Crippen molar-refractivity contribution < 1.29 is 19.1 Å². The van der Waals surface area contributed by atoms with E-state index in [9.17, 15) is 9.59 Å². The summed E-state index contributed by atoms with van der Waals surface area (Å²) in [6.07, 6.45) is -1.10. The molecular weight excluding hydrogens is 424 g/mol. The summed E-state index contributed by atoms with van der Waals surface area (Å²) in [6.45, 7) is 1.00. The third-order valence-electron chi connectivity index (χ3n) is 3.11. The van der Waals surface area contributed by atoms with E-state index in [2.05, 4.69) is 5.32 Å². The second-order valence-electron chi connectivity index (χ2n) is 5.08. The van der Waals surface area contributed by atoms with Crippen molar-refractivity contribution in [2.45, 2.75) is 13.0 Å². The Hall–Kier alpha value is -1.66. The van der Waals surface area contributed by atoms with Crippen LogP contribution in [0.2, 0.25) is 20.1 Å². The van der Waals surface area contributed by atoms with Crippen LogP contribution in [0.25, 0.3) is 0 Å². The highest BCUT2D eigenvalue weighted by Crippen LogP contribution is 2.33. The molecule has 5 nitrogen and oxygen atoms in total. The van der Waals surface area contributed by atoms with Gasteiger partial charge in [0.1, 0.15) is 5.75 Å². The van der Waals surface area contributed by atoms with E-state index in [1.54, 1.807) is 24.3 Å². The van der Waals surface area contributed by atoms with Gasteiger partial charge in [-0.25, -0.2) is 4.79 Å². The maximum Gasteiger partial charge on any atom is 0.344 e. The highest BCUT2D eigenvalue weighted by molar-refractivity contribution is 6.42. The number of carbonyl (C=O) groups excluding carboxylic acids is 2. The van der Waals surface area contributed by atoms with Crippen LogP contribution in [-0.4, -0.2) is 24.6 Å². The Morgan fingerprint density at radius 3 is 2.27 bits per heavy atom. The molecule has 2 aromatic rings. The summed E-state index contributed by atoms with van der Waals surface area (Å²) >= 11 is 23.7. The number of ether oxygens (including phenoxy) is 2. The molecule has 1 amide bonds. The maximum atomic E-state index is 12.2. The lowest BCUT2D eigenvalue weighted by Gasteiger charge is -2.15. The van der Waals surface area contributed by atoms with Gasteiger partial charge in [-0.3, -0.25) is 4.79 Å². The van der Waals surface area contributed by atoms with E-state index in [1.165, 1.54) is 19.1 Å². The molecule has 2 rings (SSSR count). The van der Waals surface area contributed by atoms with Crippen LogP contribution in [0.5, 0.6) is 5.75 Å². The molecule has 0 saturated heterocycles. The highest BCUT2D eigenvalue weighted by atomic mass is 35.5. The van der Waals surface area contributed by atoms with Crippen LogP contribution in [-0.2, 0) is 14.3 Å². The molecule has 0 aromatic heterocycles. The second-order valence-corrected chi connectivity index (χ2v) is 6.74. The third kappa shape index (κ3) is 5.68. The van der Waals surface area contributed by atoms with Crippen LogP contribution in [0.3, 0.4) is 0 Å². The van der Waals surface area contributed by atoms with E-state index in [0.717, 1.165) is 0 Å². The van der Waals surface area contributed by atoms with Gasteiger partial charge in [0.2, 0.25) is 0 Å². The Balaban J connectivity index is 1.90. The molecule has 1 unspecified atom stereocenters. The Morgan fingerprint density at radius 2 is 1.65 bits per heavy atom. The summed E-state index contributed by atoms with van der Waals surface area (Å²) in [6, 6.07) is 9.53. The van der Waals surface area contributed by atoms with Crippen molar-refractivity contribution in [3.8, 4) is 5.75 Å². The van der Waals surface area contributed by atoms with Gasteiger partial charge in [0.25, 0.3) is 5.91 Å². The minimum Gasteiger partial charge on any atom is -0.480 e. The Labute approximate surface area is 170 Å².